The Hall–Kier alpha value is -4.14. The molecule has 0 unspecified atom stereocenters. The van der Waals surface area contributed by atoms with E-state index in [1.807, 2.05) is 12.1 Å². The number of nitrogens with zero attached hydrogens (tertiary/aromatic N) is 4. The van der Waals surface area contributed by atoms with Crippen molar-refractivity contribution < 1.29 is 18.4 Å². The van der Waals surface area contributed by atoms with Gasteiger partial charge in [-0.15, -0.1) is 5.10 Å². The number of hydrogen-bond donors (Lipinski definition) is 1. The maximum Gasteiger partial charge on any atom is 0.249 e. The molecule has 5 rings (SSSR count). The number of carbonyl (C=O) groups is 2. The fraction of sp³-hybridized carbons (Fsp3) is 0.259. The highest BCUT2D eigenvalue weighted by molar-refractivity contribution is 6.01. The van der Waals surface area contributed by atoms with E-state index >= 15 is 4.39 Å². The second-order valence-electron chi connectivity index (χ2n) is 8.89. The zero-order chi connectivity index (χ0) is 25.1. The Morgan fingerprint density at radius 3 is 2.42 bits per heavy atom. The lowest BCUT2D eigenvalue weighted by atomic mass is 10.0. The first-order valence-corrected chi connectivity index (χ1v) is 11.9. The Morgan fingerprint density at radius 1 is 0.972 bits per heavy atom. The molecule has 184 valence electrons. The first-order valence-electron chi connectivity index (χ1n) is 11.9. The highest BCUT2D eigenvalue weighted by Crippen LogP contribution is 2.31. The van der Waals surface area contributed by atoms with Gasteiger partial charge in [-0.1, -0.05) is 48.4 Å². The quantitative estimate of drug-likeness (QED) is 0.413. The molecule has 0 bridgehead atoms. The molecule has 1 aromatic heterocycles. The number of amides is 2. The van der Waals surface area contributed by atoms with Gasteiger partial charge in [-0.2, -0.15) is 0 Å². The SMILES string of the molecule is O=C(NC1CCCC1)[C@@H](c1ccccc1F)N(C(=O)Cn1nnc2ccccc21)c1ccc(F)cc1. The number of rotatable bonds is 7. The fourth-order valence-electron chi connectivity index (χ4n) is 4.72. The van der Waals surface area contributed by atoms with E-state index in [4.69, 9.17) is 0 Å². The van der Waals surface area contributed by atoms with Crippen LogP contribution in [0.1, 0.15) is 37.3 Å². The van der Waals surface area contributed by atoms with E-state index in [9.17, 15) is 14.0 Å². The largest absolute Gasteiger partial charge is 0.351 e. The summed E-state index contributed by atoms with van der Waals surface area (Å²) in [4.78, 5) is 28.7. The van der Waals surface area contributed by atoms with Crippen LogP contribution in [-0.4, -0.2) is 32.9 Å². The molecule has 7 nitrogen and oxygen atoms in total. The van der Waals surface area contributed by atoms with Crippen LogP contribution in [0.5, 0.6) is 0 Å². The van der Waals surface area contributed by atoms with Gasteiger partial charge in [0, 0.05) is 17.3 Å². The van der Waals surface area contributed by atoms with Gasteiger partial charge in [0.25, 0.3) is 0 Å². The molecule has 36 heavy (non-hydrogen) atoms. The molecule has 4 aromatic rings. The standard InChI is InChI=1S/C27H25F2N5O2/c28-18-13-15-20(16-14-18)34(25(35)17-33-24-12-6-5-11-23(24)31-32-33)26(21-9-3-4-10-22(21)29)27(36)30-19-7-1-2-8-19/h3-6,9-16,19,26H,1-2,7-8,17H2,(H,30,36)/t26-/m1/s1. The molecule has 2 amide bonds. The molecule has 1 fully saturated rings. The van der Waals surface area contributed by atoms with Gasteiger partial charge in [-0.05, 0) is 55.3 Å². The zero-order valence-electron chi connectivity index (χ0n) is 19.5. The molecule has 9 heteroatoms. The van der Waals surface area contributed by atoms with Gasteiger partial charge < -0.3 is 5.32 Å². The Morgan fingerprint density at radius 2 is 1.67 bits per heavy atom. The van der Waals surface area contributed by atoms with E-state index in [0.717, 1.165) is 25.7 Å². The van der Waals surface area contributed by atoms with E-state index in [-0.39, 0.29) is 23.8 Å². The summed E-state index contributed by atoms with van der Waals surface area (Å²) < 4.78 is 30.3. The van der Waals surface area contributed by atoms with Crippen LogP contribution in [0.3, 0.4) is 0 Å². The van der Waals surface area contributed by atoms with Crippen LogP contribution in [0.15, 0.2) is 72.8 Å². The summed E-state index contributed by atoms with van der Waals surface area (Å²) in [6.07, 6.45) is 3.64. The average molecular weight is 490 g/mol. The minimum atomic E-state index is -1.31. The number of carbonyl (C=O) groups excluding carboxylic acids is 2. The monoisotopic (exact) mass is 489 g/mol. The van der Waals surface area contributed by atoms with E-state index < -0.39 is 29.5 Å². The van der Waals surface area contributed by atoms with Crippen molar-refractivity contribution in [2.24, 2.45) is 0 Å². The normalized spacial score (nSPS) is 14.6. The van der Waals surface area contributed by atoms with Gasteiger partial charge in [0.05, 0.1) is 5.52 Å². The number of halogens is 2. The molecule has 1 N–H and O–H groups in total. The highest BCUT2D eigenvalue weighted by Gasteiger charge is 2.36. The van der Waals surface area contributed by atoms with Crippen molar-refractivity contribution in [2.45, 2.75) is 44.3 Å². The van der Waals surface area contributed by atoms with Gasteiger partial charge in [-0.3, -0.25) is 14.5 Å². The van der Waals surface area contributed by atoms with E-state index in [2.05, 4.69) is 15.6 Å². The number of fused-ring (bicyclic) bond motifs is 1. The number of anilines is 1. The van der Waals surface area contributed by atoms with E-state index in [1.165, 1.54) is 52.0 Å². The van der Waals surface area contributed by atoms with Gasteiger partial charge in [-0.25, -0.2) is 13.5 Å². The molecule has 0 radical (unpaired) electrons. The highest BCUT2D eigenvalue weighted by atomic mass is 19.1. The van der Waals surface area contributed by atoms with Crippen LogP contribution >= 0.6 is 0 Å². The summed E-state index contributed by atoms with van der Waals surface area (Å²) in [5.41, 5.74) is 1.57. The minimum Gasteiger partial charge on any atom is -0.351 e. The molecule has 0 aliphatic heterocycles. The summed E-state index contributed by atoms with van der Waals surface area (Å²) >= 11 is 0. The molecular weight excluding hydrogens is 464 g/mol. The van der Waals surface area contributed by atoms with E-state index in [1.54, 1.807) is 18.2 Å². The van der Waals surface area contributed by atoms with Crippen LogP contribution in [0, 0.1) is 11.6 Å². The topological polar surface area (TPSA) is 80.1 Å². The molecular formula is C27H25F2N5O2. The van der Waals surface area contributed by atoms with Crippen LogP contribution in [0.2, 0.25) is 0 Å². The first kappa shape index (κ1) is 23.6. The third-order valence-corrected chi connectivity index (χ3v) is 6.49. The van der Waals surface area contributed by atoms with Gasteiger partial charge in [0.2, 0.25) is 11.8 Å². The summed E-state index contributed by atoms with van der Waals surface area (Å²) in [7, 11) is 0. The number of nitrogens with one attached hydrogen (secondary N) is 1. The maximum absolute atomic E-state index is 15.1. The summed E-state index contributed by atoms with van der Waals surface area (Å²) in [5, 5.41) is 11.2. The Balaban J connectivity index is 1.58. The zero-order valence-corrected chi connectivity index (χ0v) is 19.5. The second-order valence-corrected chi connectivity index (χ2v) is 8.89. The van der Waals surface area contributed by atoms with Crippen molar-refractivity contribution in [3.63, 3.8) is 0 Å². The molecule has 1 atom stereocenters. The van der Waals surface area contributed by atoms with Crippen molar-refractivity contribution in [3.05, 3.63) is 90.0 Å². The predicted molar refractivity (Wildman–Crippen MR) is 131 cm³/mol. The maximum atomic E-state index is 15.1. The number of benzene rings is 3. The second kappa shape index (κ2) is 10.2. The van der Waals surface area contributed by atoms with Gasteiger partial charge in [0.15, 0.2) is 0 Å². The van der Waals surface area contributed by atoms with E-state index in [0.29, 0.717) is 11.0 Å². The van der Waals surface area contributed by atoms with Crippen molar-refractivity contribution in [2.75, 3.05) is 4.90 Å². The molecule has 1 aliphatic carbocycles. The smallest absolute Gasteiger partial charge is 0.249 e. The lowest BCUT2D eigenvalue weighted by Gasteiger charge is -2.32. The summed E-state index contributed by atoms with van der Waals surface area (Å²) in [6, 6.07) is 16.9. The molecule has 1 heterocycles. The van der Waals surface area contributed by atoms with Crippen LogP contribution < -0.4 is 10.2 Å². The summed E-state index contributed by atoms with van der Waals surface area (Å²) in [6.45, 7) is -0.250. The van der Waals surface area contributed by atoms with Crippen molar-refractivity contribution >= 4 is 28.5 Å². The number of aromatic nitrogens is 3. The van der Waals surface area contributed by atoms with Crippen LogP contribution in [0.4, 0.5) is 14.5 Å². The Kier molecular flexibility index (Phi) is 6.71. The van der Waals surface area contributed by atoms with Crippen molar-refractivity contribution in [1.82, 2.24) is 20.3 Å². The average Bonchev–Trinajstić information content (AvgIpc) is 3.54. The van der Waals surface area contributed by atoms with Crippen LogP contribution in [0.25, 0.3) is 11.0 Å². The Labute approximate surface area is 206 Å². The van der Waals surface area contributed by atoms with Gasteiger partial charge in [0.1, 0.15) is 29.7 Å². The lowest BCUT2D eigenvalue weighted by molar-refractivity contribution is -0.127. The minimum absolute atomic E-state index is 0.0452. The molecule has 3 aromatic carbocycles. The number of hydrogen-bond acceptors (Lipinski definition) is 4. The molecule has 1 saturated carbocycles. The lowest BCUT2D eigenvalue weighted by Crippen LogP contribution is -2.47. The molecule has 0 spiro atoms. The van der Waals surface area contributed by atoms with Crippen LogP contribution in [-0.2, 0) is 16.1 Å². The van der Waals surface area contributed by atoms with Crippen molar-refractivity contribution in [1.29, 1.82) is 0 Å². The van der Waals surface area contributed by atoms with Gasteiger partial charge >= 0.3 is 0 Å². The Bertz CT molecular complexity index is 1380. The predicted octanol–water partition coefficient (Wildman–Crippen LogP) is 4.54. The fourth-order valence-corrected chi connectivity index (χ4v) is 4.72. The summed E-state index contributed by atoms with van der Waals surface area (Å²) in [5.74, 6) is -2.12. The molecule has 1 aliphatic rings. The third kappa shape index (κ3) is 4.82. The first-order chi connectivity index (χ1) is 17.5. The number of para-hydroxylation sites is 1. The molecule has 0 saturated heterocycles. The van der Waals surface area contributed by atoms with Crippen molar-refractivity contribution in [3.8, 4) is 0 Å². The third-order valence-electron chi connectivity index (χ3n) is 6.49.